The van der Waals surface area contributed by atoms with Gasteiger partial charge in [-0.2, -0.15) is 0 Å². The summed E-state index contributed by atoms with van der Waals surface area (Å²) in [4.78, 5) is 14.8. The molecule has 1 saturated carbocycles. The minimum absolute atomic E-state index is 0. The monoisotopic (exact) mass is 340 g/mol. The molecule has 2 aliphatic rings. The van der Waals surface area contributed by atoms with Crippen LogP contribution in [0.4, 0.5) is 0 Å². The van der Waals surface area contributed by atoms with E-state index in [1.54, 1.807) is 20.3 Å². The van der Waals surface area contributed by atoms with E-state index in [0.29, 0.717) is 28.9 Å². The molecule has 1 amide bonds. The molecule has 0 bridgehead atoms. The summed E-state index contributed by atoms with van der Waals surface area (Å²) in [5.41, 5.74) is 7.75. The van der Waals surface area contributed by atoms with Crippen LogP contribution in [-0.2, 0) is 0 Å². The summed E-state index contributed by atoms with van der Waals surface area (Å²) in [5, 5.41) is 0. The average Bonchev–Trinajstić information content (AvgIpc) is 3.08. The van der Waals surface area contributed by atoms with Gasteiger partial charge in [-0.25, -0.2) is 0 Å². The number of methoxy groups -OCH3 is 2. The van der Waals surface area contributed by atoms with Gasteiger partial charge in [0, 0.05) is 24.7 Å². The Morgan fingerprint density at radius 2 is 1.83 bits per heavy atom. The Morgan fingerprint density at radius 3 is 2.43 bits per heavy atom. The van der Waals surface area contributed by atoms with E-state index in [9.17, 15) is 4.79 Å². The number of hydrogen-bond acceptors (Lipinski definition) is 4. The highest BCUT2D eigenvalue weighted by molar-refractivity contribution is 5.96. The molecule has 5 nitrogen and oxygen atoms in total. The molecular weight excluding hydrogens is 316 g/mol. The van der Waals surface area contributed by atoms with Crippen molar-refractivity contribution in [3.05, 3.63) is 23.3 Å². The summed E-state index contributed by atoms with van der Waals surface area (Å²) in [6, 6.07) is 3.88. The molecule has 1 aliphatic heterocycles. The highest BCUT2D eigenvalue weighted by atomic mass is 35.5. The van der Waals surface area contributed by atoms with Gasteiger partial charge < -0.3 is 20.1 Å². The summed E-state index contributed by atoms with van der Waals surface area (Å²) in [5.74, 6) is 2.34. The molecule has 3 rings (SSSR count). The highest BCUT2D eigenvalue weighted by Gasteiger charge is 2.42. The van der Waals surface area contributed by atoms with E-state index in [1.165, 1.54) is 0 Å². The van der Waals surface area contributed by atoms with Crippen LogP contribution in [0.5, 0.6) is 11.5 Å². The lowest BCUT2D eigenvalue weighted by Crippen LogP contribution is -2.33. The largest absolute Gasteiger partial charge is 0.493 e. The Labute approximate surface area is 143 Å². The summed E-state index contributed by atoms with van der Waals surface area (Å²) in [7, 11) is 3.18. The van der Waals surface area contributed by atoms with Gasteiger partial charge in [0.15, 0.2) is 11.5 Å². The second-order valence-electron chi connectivity index (χ2n) is 6.40. The van der Waals surface area contributed by atoms with E-state index in [1.807, 2.05) is 17.9 Å². The van der Waals surface area contributed by atoms with E-state index in [2.05, 4.69) is 0 Å². The van der Waals surface area contributed by atoms with Gasteiger partial charge >= 0.3 is 0 Å². The highest BCUT2D eigenvalue weighted by Crippen LogP contribution is 2.38. The maximum atomic E-state index is 12.9. The van der Waals surface area contributed by atoms with Crippen molar-refractivity contribution in [2.75, 3.05) is 27.3 Å². The number of amides is 1. The third-order valence-electron chi connectivity index (χ3n) is 5.16. The molecule has 1 heterocycles. The van der Waals surface area contributed by atoms with Crippen molar-refractivity contribution >= 4 is 18.3 Å². The van der Waals surface area contributed by atoms with Crippen molar-refractivity contribution in [2.24, 2.45) is 17.6 Å². The first-order valence-corrected chi connectivity index (χ1v) is 7.82. The average molecular weight is 341 g/mol. The van der Waals surface area contributed by atoms with E-state index in [0.717, 1.165) is 31.5 Å². The number of benzene rings is 1. The number of carbonyl (C=O) groups is 1. The van der Waals surface area contributed by atoms with Crippen molar-refractivity contribution in [3.8, 4) is 11.5 Å². The summed E-state index contributed by atoms with van der Waals surface area (Å²) < 4.78 is 10.6. The lowest BCUT2D eigenvalue weighted by atomic mass is 9.98. The third-order valence-corrected chi connectivity index (χ3v) is 5.16. The Kier molecular flexibility index (Phi) is 5.42. The first-order chi connectivity index (χ1) is 10.5. The molecule has 1 aromatic carbocycles. The molecule has 1 aliphatic carbocycles. The number of hydrogen-bond donors (Lipinski definition) is 1. The minimum Gasteiger partial charge on any atom is -0.493 e. The first kappa shape index (κ1) is 17.9. The lowest BCUT2D eigenvalue weighted by molar-refractivity contribution is 0.0778. The number of likely N-dealkylation sites (tertiary alicyclic amines) is 1. The zero-order chi connectivity index (χ0) is 15.9. The Bertz CT molecular complexity index is 593. The molecule has 6 heteroatoms. The molecule has 2 fully saturated rings. The van der Waals surface area contributed by atoms with Gasteiger partial charge in [0.2, 0.25) is 0 Å². The molecule has 23 heavy (non-hydrogen) atoms. The SMILES string of the molecule is COc1cc(C)c(C(=O)N2CC3CCC(N)C3C2)cc1OC.Cl. The molecular formula is C17H25ClN2O3. The molecule has 0 aromatic heterocycles. The van der Waals surface area contributed by atoms with Gasteiger partial charge in [0.1, 0.15) is 0 Å². The standard InChI is InChI=1S/C17H24N2O3.ClH/c1-10-6-15(21-2)16(22-3)7-12(10)17(20)19-8-11-4-5-14(18)13(11)9-19;/h6-7,11,13-14H,4-5,8-9,18H2,1-3H3;1H. The zero-order valence-corrected chi connectivity index (χ0v) is 14.7. The minimum atomic E-state index is 0. The number of nitrogens with zero attached hydrogens (tertiary/aromatic N) is 1. The maximum absolute atomic E-state index is 12.9. The molecule has 1 aromatic rings. The number of ether oxygens (including phenoxy) is 2. The predicted molar refractivity (Wildman–Crippen MR) is 91.6 cm³/mol. The number of aryl methyl sites for hydroxylation is 1. The zero-order valence-electron chi connectivity index (χ0n) is 13.9. The second-order valence-corrected chi connectivity index (χ2v) is 6.40. The van der Waals surface area contributed by atoms with Gasteiger partial charge in [-0.05, 0) is 49.3 Å². The first-order valence-electron chi connectivity index (χ1n) is 7.82. The maximum Gasteiger partial charge on any atom is 0.254 e. The van der Waals surface area contributed by atoms with Crippen LogP contribution in [0.1, 0.15) is 28.8 Å². The van der Waals surface area contributed by atoms with Gasteiger partial charge in [-0.3, -0.25) is 4.79 Å². The number of carbonyl (C=O) groups excluding carboxylic acids is 1. The van der Waals surface area contributed by atoms with Gasteiger partial charge in [-0.1, -0.05) is 0 Å². The fraction of sp³-hybridized carbons (Fsp3) is 0.588. The Hall–Kier alpha value is -1.46. The van der Waals surface area contributed by atoms with Crippen LogP contribution in [0.3, 0.4) is 0 Å². The van der Waals surface area contributed by atoms with E-state index in [4.69, 9.17) is 15.2 Å². The van der Waals surface area contributed by atoms with Crippen LogP contribution in [0.25, 0.3) is 0 Å². The molecule has 2 N–H and O–H groups in total. The van der Waals surface area contributed by atoms with Gasteiger partial charge in [0.25, 0.3) is 5.91 Å². The quantitative estimate of drug-likeness (QED) is 0.916. The summed E-state index contributed by atoms with van der Waals surface area (Å²) in [6.45, 7) is 3.53. The van der Waals surface area contributed by atoms with Crippen LogP contribution < -0.4 is 15.2 Å². The fourth-order valence-corrected chi connectivity index (χ4v) is 3.85. The van der Waals surface area contributed by atoms with E-state index >= 15 is 0 Å². The van der Waals surface area contributed by atoms with Gasteiger partial charge in [-0.15, -0.1) is 12.4 Å². The number of nitrogens with two attached hydrogens (primary N) is 1. The van der Waals surface area contributed by atoms with Crippen molar-refractivity contribution in [1.82, 2.24) is 4.90 Å². The smallest absolute Gasteiger partial charge is 0.254 e. The van der Waals surface area contributed by atoms with Crippen LogP contribution in [0.2, 0.25) is 0 Å². The number of rotatable bonds is 3. The summed E-state index contributed by atoms with van der Waals surface area (Å²) >= 11 is 0. The van der Waals surface area contributed by atoms with E-state index < -0.39 is 0 Å². The van der Waals surface area contributed by atoms with Crippen molar-refractivity contribution in [3.63, 3.8) is 0 Å². The predicted octanol–water partition coefficient (Wildman–Crippen LogP) is 2.24. The van der Waals surface area contributed by atoms with E-state index in [-0.39, 0.29) is 24.4 Å². The number of halogens is 1. The van der Waals surface area contributed by atoms with Gasteiger partial charge in [0.05, 0.1) is 14.2 Å². The van der Waals surface area contributed by atoms with Crippen molar-refractivity contribution in [1.29, 1.82) is 0 Å². The van der Waals surface area contributed by atoms with Crippen molar-refractivity contribution < 1.29 is 14.3 Å². The summed E-state index contributed by atoms with van der Waals surface area (Å²) in [6.07, 6.45) is 2.23. The van der Waals surface area contributed by atoms with Crippen LogP contribution in [0.15, 0.2) is 12.1 Å². The second kappa shape index (κ2) is 6.97. The molecule has 1 saturated heterocycles. The molecule has 3 unspecified atom stereocenters. The third kappa shape index (κ3) is 3.12. The molecule has 3 atom stereocenters. The number of fused-ring (bicyclic) bond motifs is 1. The molecule has 0 spiro atoms. The molecule has 128 valence electrons. The van der Waals surface area contributed by atoms with Crippen molar-refractivity contribution in [2.45, 2.75) is 25.8 Å². The normalized spacial score (nSPS) is 25.7. The fourth-order valence-electron chi connectivity index (χ4n) is 3.85. The van der Waals surface area contributed by atoms with Crippen LogP contribution in [-0.4, -0.2) is 44.2 Å². The molecule has 0 radical (unpaired) electrons. The van der Waals surface area contributed by atoms with Crippen LogP contribution >= 0.6 is 12.4 Å². The topological polar surface area (TPSA) is 64.8 Å². The lowest BCUT2D eigenvalue weighted by Gasteiger charge is -2.21. The van der Waals surface area contributed by atoms with Crippen LogP contribution in [0, 0.1) is 18.8 Å². The Balaban J connectivity index is 0.00000192. The Morgan fingerprint density at radius 1 is 1.17 bits per heavy atom.